The average molecular weight is 126 g/mol. The zero-order valence-corrected chi connectivity index (χ0v) is 5.26. The van der Waals surface area contributed by atoms with Crippen LogP contribution in [0.3, 0.4) is 0 Å². The number of carboxylic acids is 1. The SMILES string of the molecule is O=C(O)[C@H]1CC12CCC2. The van der Waals surface area contributed by atoms with Gasteiger partial charge in [-0.1, -0.05) is 6.42 Å². The maximum atomic E-state index is 10.4. The molecule has 2 aliphatic carbocycles. The van der Waals surface area contributed by atoms with Crippen molar-refractivity contribution < 1.29 is 9.90 Å². The van der Waals surface area contributed by atoms with Gasteiger partial charge < -0.3 is 5.11 Å². The van der Waals surface area contributed by atoms with E-state index < -0.39 is 5.97 Å². The Kier molecular flexibility index (Phi) is 0.765. The van der Waals surface area contributed by atoms with Gasteiger partial charge in [-0.25, -0.2) is 0 Å². The molecule has 9 heavy (non-hydrogen) atoms. The first-order valence-corrected chi connectivity index (χ1v) is 3.47. The summed E-state index contributed by atoms with van der Waals surface area (Å²) < 4.78 is 0. The predicted octanol–water partition coefficient (Wildman–Crippen LogP) is 1.26. The predicted molar refractivity (Wildman–Crippen MR) is 32.0 cm³/mol. The molecule has 2 fully saturated rings. The lowest BCUT2D eigenvalue weighted by Gasteiger charge is -2.25. The lowest BCUT2D eigenvalue weighted by Crippen LogP contribution is -2.18. The van der Waals surface area contributed by atoms with Crippen molar-refractivity contribution in [3.05, 3.63) is 0 Å². The second-order valence-corrected chi connectivity index (χ2v) is 3.31. The Labute approximate surface area is 53.9 Å². The Morgan fingerprint density at radius 2 is 2.22 bits per heavy atom. The van der Waals surface area contributed by atoms with Crippen molar-refractivity contribution in [1.82, 2.24) is 0 Å². The van der Waals surface area contributed by atoms with Crippen molar-refractivity contribution in [3.63, 3.8) is 0 Å². The molecule has 2 nitrogen and oxygen atoms in total. The molecular formula is C7H10O2. The lowest BCUT2D eigenvalue weighted by molar-refractivity contribution is -0.140. The van der Waals surface area contributed by atoms with Crippen molar-refractivity contribution in [1.29, 1.82) is 0 Å². The van der Waals surface area contributed by atoms with Crippen molar-refractivity contribution in [2.45, 2.75) is 25.7 Å². The highest BCUT2D eigenvalue weighted by atomic mass is 16.4. The smallest absolute Gasteiger partial charge is 0.307 e. The monoisotopic (exact) mass is 126 g/mol. The van der Waals surface area contributed by atoms with E-state index in [1.165, 1.54) is 19.3 Å². The van der Waals surface area contributed by atoms with Crippen LogP contribution in [-0.4, -0.2) is 11.1 Å². The highest BCUT2D eigenvalue weighted by molar-refractivity contribution is 5.75. The molecule has 0 aromatic carbocycles. The first-order valence-electron chi connectivity index (χ1n) is 3.47. The Morgan fingerprint density at radius 3 is 2.33 bits per heavy atom. The number of hydrogen-bond acceptors (Lipinski definition) is 1. The van der Waals surface area contributed by atoms with Gasteiger partial charge in [0.2, 0.25) is 0 Å². The second kappa shape index (κ2) is 1.31. The molecular weight excluding hydrogens is 116 g/mol. The Morgan fingerprint density at radius 1 is 1.56 bits per heavy atom. The molecule has 1 spiro atoms. The van der Waals surface area contributed by atoms with Crippen LogP contribution >= 0.6 is 0 Å². The van der Waals surface area contributed by atoms with E-state index >= 15 is 0 Å². The van der Waals surface area contributed by atoms with Crippen LogP contribution in [0.5, 0.6) is 0 Å². The number of carbonyl (C=O) groups is 1. The molecule has 0 unspecified atom stereocenters. The highest BCUT2D eigenvalue weighted by Gasteiger charge is 2.61. The maximum Gasteiger partial charge on any atom is 0.307 e. The minimum atomic E-state index is -0.574. The molecule has 0 aliphatic heterocycles. The molecule has 0 radical (unpaired) electrons. The van der Waals surface area contributed by atoms with Crippen molar-refractivity contribution in [2.75, 3.05) is 0 Å². The first kappa shape index (κ1) is 5.27. The Balaban J connectivity index is 2.01. The largest absolute Gasteiger partial charge is 0.481 e. The summed E-state index contributed by atoms with van der Waals surface area (Å²) in [5.41, 5.74) is 0.311. The van der Waals surface area contributed by atoms with Crippen LogP contribution in [0.1, 0.15) is 25.7 Å². The molecule has 0 bridgehead atoms. The normalized spacial score (nSPS) is 35.8. The molecule has 50 valence electrons. The number of hydrogen-bond donors (Lipinski definition) is 1. The molecule has 0 saturated heterocycles. The van der Waals surface area contributed by atoms with Crippen molar-refractivity contribution >= 4 is 5.97 Å². The van der Waals surface area contributed by atoms with E-state index in [2.05, 4.69) is 0 Å². The molecule has 2 aliphatic rings. The van der Waals surface area contributed by atoms with E-state index in [0.29, 0.717) is 5.41 Å². The topological polar surface area (TPSA) is 37.3 Å². The minimum Gasteiger partial charge on any atom is -0.481 e. The van der Waals surface area contributed by atoms with Gasteiger partial charge in [-0.15, -0.1) is 0 Å². The van der Waals surface area contributed by atoms with Crippen LogP contribution in [0, 0.1) is 11.3 Å². The summed E-state index contributed by atoms with van der Waals surface area (Å²) in [6.45, 7) is 0. The van der Waals surface area contributed by atoms with Crippen molar-refractivity contribution in [3.8, 4) is 0 Å². The van der Waals surface area contributed by atoms with E-state index in [9.17, 15) is 4.79 Å². The third-order valence-electron chi connectivity index (χ3n) is 2.84. The third-order valence-corrected chi connectivity index (χ3v) is 2.84. The average Bonchev–Trinajstić information content (AvgIpc) is 2.34. The number of rotatable bonds is 1. The van der Waals surface area contributed by atoms with Crippen LogP contribution in [0.2, 0.25) is 0 Å². The summed E-state index contributed by atoms with van der Waals surface area (Å²) >= 11 is 0. The molecule has 0 heterocycles. The van der Waals surface area contributed by atoms with Gasteiger partial charge in [0.25, 0.3) is 0 Å². The zero-order chi connectivity index (χ0) is 6.48. The first-order chi connectivity index (χ1) is 4.25. The van der Waals surface area contributed by atoms with Crippen LogP contribution in [0.25, 0.3) is 0 Å². The fourth-order valence-corrected chi connectivity index (χ4v) is 1.88. The lowest BCUT2D eigenvalue weighted by atomic mass is 9.80. The van der Waals surface area contributed by atoms with Gasteiger partial charge >= 0.3 is 5.97 Å². The molecule has 0 aromatic heterocycles. The Hall–Kier alpha value is -0.530. The van der Waals surface area contributed by atoms with E-state index in [1.807, 2.05) is 0 Å². The molecule has 0 amide bonds. The molecule has 2 saturated carbocycles. The van der Waals surface area contributed by atoms with Gasteiger partial charge in [0.15, 0.2) is 0 Å². The molecule has 1 N–H and O–H groups in total. The summed E-state index contributed by atoms with van der Waals surface area (Å²) in [6.07, 6.45) is 4.56. The molecule has 2 heteroatoms. The number of aliphatic carboxylic acids is 1. The fraction of sp³-hybridized carbons (Fsp3) is 0.857. The van der Waals surface area contributed by atoms with Gasteiger partial charge in [0, 0.05) is 0 Å². The van der Waals surface area contributed by atoms with E-state index in [4.69, 9.17) is 5.11 Å². The van der Waals surface area contributed by atoms with Crippen LogP contribution < -0.4 is 0 Å². The Bertz CT molecular complexity index is 158. The van der Waals surface area contributed by atoms with Crippen LogP contribution in [0.15, 0.2) is 0 Å². The molecule has 1 atom stereocenters. The standard InChI is InChI=1S/C7H10O2/c8-6(9)5-4-7(5)2-1-3-7/h5H,1-4H2,(H,8,9)/t5-/m1/s1. The van der Waals surface area contributed by atoms with E-state index in [1.54, 1.807) is 0 Å². The summed E-state index contributed by atoms with van der Waals surface area (Å²) in [4.78, 5) is 10.4. The highest BCUT2D eigenvalue weighted by Crippen LogP contribution is 2.65. The quantitative estimate of drug-likeness (QED) is 0.574. The molecule has 2 rings (SSSR count). The van der Waals surface area contributed by atoms with Gasteiger partial charge in [0.05, 0.1) is 5.92 Å². The summed E-state index contributed by atoms with van der Waals surface area (Å²) in [6, 6.07) is 0. The van der Waals surface area contributed by atoms with Crippen LogP contribution in [0.4, 0.5) is 0 Å². The summed E-state index contributed by atoms with van der Waals surface area (Å²) in [7, 11) is 0. The fourth-order valence-electron chi connectivity index (χ4n) is 1.88. The van der Waals surface area contributed by atoms with Gasteiger partial charge in [0.1, 0.15) is 0 Å². The van der Waals surface area contributed by atoms with E-state index in [-0.39, 0.29) is 5.92 Å². The minimum absolute atomic E-state index is 0.0336. The summed E-state index contributed by atoms with van der Waals surface area (Å²) in [5, 5.41) is 8.55. The zero-order valence-electron chi connectivity index (χ0n) is 5.26. The van der Waals surface area contributed by atoms with Gasteiger partial charge in [-0.2, -0.15) is 0 Å². The maximum absolute atomic E-state index is 10.4. The van der Waals surface area contributed by atoms with Gasteiger partial charge in [-0.05, 0) is 24.7 Å². The van der Waals surface area contributed by atoms with Crippen molar-refractivity contribution in [2.24, 2.45) is 11.3 Å². The number of carboxylic acid groups (broad SMARTS) is 1. The van der Waals surface area contributed by atoms with Gasteiger partial charge in [-0.3, -0.25) is 4.79 Å². The second-order valence-electron chi connectivity index (χ2n) is 3.31. The molecule has 0 aromatic rings. The van der Waals surface area contributed by atoms with E-state index in [0.717, 1.165) is 6.42 Å². The summed E-state index contributed by atoms with van der Waals surface area (Å²) in [5.74, 6) is -0.541. The third kappa shape index (κ3) is 0.533. The van der Waals surface area contributed by atoms with Crippen LogP contribution in [-0.2, 0) is 4.79 Å².